The summed E-state index contributed by atoms with van der Waals surface area (Å²) in [4.78, 5) is 21.4. The first-order chi connectivity index (χ1) is 9.54. The van der Waals surface area contributed by atoms with E-state index in [1.807, 2.05) is 0 Å². The number of hydrogen-bond donors (Lipinski definition) is 2. The first kappa shape index (κ1) is 14.2. The van der Waals surface area contributed by atoms with E-state index in [1.54, 1.807) is 0 Å². The molecule has 0 aromatic heterocycles. The molecule has 2 rings (SSSR count). The van der Waals surface area contributed by atoms with E-state index in [0.717, 1.165) is 18.9 Å². The summed E-state index contributed by atoms with van der Waals surface area (Å²) in [5.41, 5.74) is 0.0540. The highest BCUT2D eigenvalue weighted by Crippen LogP contribution is 2.20. The maximum absolute atomic E-state index is 13.2. The molecule has 0 bridgehead atoms. The van der Waals surface area contributed by atoms with Crippen molar-refractivity contribution in [2.24, 2.45) is 0 Å². The van der Waals surface area contributed by atoms with Gasteiger partial charge in [0.25, 0.3) is 5.69 Å². The lowest BCUT2D eigenvalue weighted by Gasteiger charge is -2.07. The van der Waals surface area contributed by atoms with Crippen molar-refractivity contribution in [3.05, 3.63) is 34.1 Å². The molecule has 7 heteroatoms. The predicted octanol–water partition coefficient (Wildman–Crippen LogP) is 2.20. The minimum Gasteiger partial charge on any atom is -0.385 e. The molecule has 20 heavy (non-hydrogen) atoms. The van der Waals surface area contributed by atoms with Crippen LogP contribution in [0.3, 0.4) is 0 Å². The van der Waals surface area contributed by atoms with Crippen LogP contribution in [0.4, 0.5) is 15.8 Å². The van der Waals surface area contributed by atoms with Crippen LogP contribution < -0.4 is 10.6 Å². The number of anilines is 1. The summed E-state index contributed by atoms with van der Waals surface area (Å²) >= 11 is 0. The number of benzene rings is 1. The lowest BCUT2D eigenvalue weighted by molar-refractivity contribution is -0.385. The van der Waals surface area contributed by atoms with Gasteiger partial charge in [-0.15, -0.1) is 0 Å². The van der Waals surface area contributed by atoms with Gasteiger partial charge >= 0.3 is 0 Å². The summed E-state index contributed by atoms with van der Waals surface area (Å²) < 4.78 is 13.2. The quantitative estimate of drug-likeness (QED) is 0.456. The average molecular weight is 281 g/mol. The van der Waals surface area contributed by atoms with Crippen LogP contribution in [-0.4, -0.2) is 23.4 Å². The zero-order chi connectivity index (χ0) is 14.5. The SMILES string of the molecule is O=C(CCCNc1cc(F)cc([N+](=O)[O-])c1)NC1CC1. The molecule has 0 saturated heterocycles. The van der Waals surface area contributed by atoms with E-state index in [4.69, 9.17) is 0 Å². The smallest absolute Gasteiger partial charge is 0.274 e. The summed E-state index contributed by atoms with van der Waals surface area (Å²) in [6.07, 6.45) is 3.08. The Kier molecular flexibility index (Phi) is 4.49. The van der Waals surface area contributed by atoms with E-state index in [1.165, 1.54) is 12.1 Å². The van der Waals surface area contributed by atoms with Gasteiger partial charge in [-0.3, -0.25) is 14.9 Å². The van der Waals surface area contributed by atoms with E-state index < -0.39 is 10.7 Å². The highest BCUT2D eigenvalue weighted by Gasteiger charge is 2.22. The monoisotopic (exact) mass is 281 g/mol. The third-order valence-corrected chi connectivity index (χ3v) is 2.95. The van der Waals surface area contributed by atoms with Crippen LogP contribution in [0.1, 0.15) is 25.7 Å². The lowest BCUT2D eigenvalue weighted by Crippen LogP contribution is -2.25. The lowest BCUT2D eigenvalue weighted by atomic mass is 10.2. The summed E-state index contributed by atoms with van der Waals surface area (Å²) in [5.74, 6) is -0.646. The topological polar surface area (TPSA) is 84.3 Å². The maximum atomic E-state index is 13.2. The molecule has 108 valence electrons. The van der Waals surface area contributed by atoms with Crippen molar-refractivity contribution >= 4 is 17.3 Å². The fraction of sp³-hybridized carbons (Fsp3) is 0.462. The molecule has 6 nitrogen and oxygen atoms in total. The van der Waals surface area contributed by atoms with Gasteiger partial charge in [-0.05, 0) is 25.3 Å². The molecule has 0 atom stereocenters. The van der Waals surface area contributed by atoms with Crippen LogP contribution in [0.5, 0.6) is 0 Å². The molecule has 1 aromatic carbocycles. The Labute approximate surface area is 115 Å². The number of hydrogen-bond acceptors (Lipinski definition) is 4. The summed E-state index contributed by atoms with van der Waals surface area (Å²) in [6, 6.07) is 3.68. The first-order valence-electron chi connectivity index (χ1n) is 6.53. The molecule has 0 unspecified atom stereocenters. The van der Waals surface area contributed by atoms with Crippen LogP contribution in [0.2, 0.25) is 0 Å². The summed E-state index contributed by atoms with van der Waals surface area (Å²) in [6.45, 7) is 0.457. The van der Waals surface area contributed by atoms with Gasteiger partial charge in [0.05, 0.1) is 11.0 Å². The number of nitrogens with one attached hydrogen (secondary N) is 2. The summed E-state index contributed by atoms with van der Waals surface area (Å²) in [5, 5.41) is 16.3. The van der Waals surface area contributed by atoms with E-state index in [9.17, 15) is 19.3 Å². The van der Waals surface area contributed by atoms with Crippen molar-refractivity contribution in [3.63, 3.8) is 0 Å². The van der Waals surface area contributed by atoms with Gasteiger partial charge in [0.15, 0.2) is 0 Å². The molecule has 2 N–H and O–H groups in total. The summed E-state index contributed by atoms with van der Waals surface area (Å²) in [7, 11) is 0. The van der Waals surface area contributed by atoms with Gasteiger partial charge < -0.3 is 10.6 Å². The fourth-order valence-corrected chi connectivity index (χ4v) is 1.79. The minimum absolute atomic E-state index is 0.0134. The van der Waals surface area contributed by atoms with Crippen LogP contribution in [0.25, 0.3) is 0 Å². The second-order valence-corrected chi connectivity index (χ2v) is 4.83. The van der Waals surface area contributed by atoms with Crippen molar-refractivity contribution < 1.29 is 14.1 Å². The number of nitro groups is 1. The molecule has 1 fully saturated rings. The van der Waals surface area contributed by atoms with Crippen LogP contribution >= 0.6 is 0 Å². The van der Waals surface area contributed by atoms with Gasteiger partial charge in [-0.2, -0.15) is 0 Å². The number of carbonyl (C=O) groups is 1. The molecular formula is C13H16FN3O3. The molecule has 0 spiro atoms. The highest BCUT2D eigenvalue weighted by atomic mass is 19.1. The standard InChI is InChI=1S/C13H16FN3O3/c14-9-6-11(8-12(7-9)17(19)20)15-5-1-2-13(18)16-10-3-4-10/h6-8,10,15H,1-5H2,(H,16,18). The van der Waals surface area contributed by atoms with E-state index in [0.29, 0.717) is 31.1 Å². The Bertz CT molecular complexity index is 518. The fourth-order valence-electron chi connectivity index (χ4n) is 1.79. The number of rotatable bonds is 7. The maximum Gasteiger partial charge on any atom is 0.274 e. The minimum atomic E-state index is -0.659. The largest absolute Gasteiger partial charge is 0.385 e. The Morgan fingerprint density at radius 3 is 2.80 bits per heavy atom. The zero-order valence-electron chi connectivity index (χ0n) is 10.9. The Balaban J connectivity index is 1.75. The second-order valence-electron chi connectivity index (χ2n) is 4.83. The Morgan fingerprint density at radius 2 is 2.15 bits per heavy atom. The number of nitro benzene ring substituents is 1. The molecule has 1 amide bonds. The van der Waals surface area contributed by atoms with Crippen molar-refractivity contribution in [3.8, 4) is 0 Å². The second kappa shape index (κ2) is 6.31. The normalized spacial score (nSPS) is 13.8. The van der Waals surface area contributed by atoms with Crippen molar-refractivity contribution in [1.82, 2.24) is 5.32 Å². The van der Waals surface area contributed by atoms with E-state index in [2.05, 4.69) is 10.6 Å². The molecular weight excluding hydrogens is 265 g/mol. The molecule has 1 saturated carbocycles. The molecule has 1 aliphatic rings. The molecule has 1 aliphatic carbocycles. The molecule has 0 aliphatic heterocycles. The van der Waals surface area contributed by atoms with Crippen molar-refractivity contribution in [2.45, 2.75) is 31.7 Å². The average Bonchev–Trinajstić information content (AvgIpc) is 3.18. The van der Waals surface area contributed by atoms with E-state index in [-0.39, 0.29) is 11.6 Å². The Hall–Kier alpha value is -2.18. The van der Waals surface area contributed by atoms with Crippen LogP contribution in [0, 0.1) is 15.9 Å². The third kappa shape index (κ3) is 4.49. The number of amides is 1. The Morgan fingerprint density at radius 1 is 1.40 bits per heavy atom. The predicted molar refractivity (Wildman–Crippen MR) is 71.9 cm³/mol. The number of non-ortho nitro benzene ring substituents is 1. The highest BCUT2D eigenvalue weighted by molar-refractivity contribution is 5.76. The van der Waals surface area contributed by atoms with Gasteiger partial charge in [-0.1, -0.05) is 0 Å². The molecule has 0 radical (unpaired) electrons. The zero-order valence-corrected chi connectivity index (χ0v) is 10.9. The first-order valence-corrected chi connectivity index (χ1v) is 6.53. The number of carbonyl (C=O) groups excluding carboxylic acids is 1. The number of halogens is 1. The van der Waals surface area contributed by atoms with Gasteiger partial charge in [-0.25, -0.2) is 4.39 Å². The van der Waals surface area contributed by atoms with Crippen molar-refractivity contribution in [2.75, 3.05) is 11.9 Å². The molecule has 0 heterocycles. The number of nitrogens with zero attached hydrogens (tertiary/aromatic N) is 1. The van der Waals surface area contributed by atoms with E-state index >= 15 is 0 Å². The van der Waals surface area contributed by atoms with Gasteiger partial charge in [0.1, 0.15) is 5.82 Å². The molecule has 1 aromatic rings. The third-order valence-electron chi connectivity index (χ3n) is 2.95. The van der Waals surface area contributed by atoms with Gasteiger partial charge in [0, 0.05) is 30.8 Å². The van der Waals surface area contributed by atoms with Crippen LogP contribution in [0.15, 0.2) is 18.2 Å². The van der Waals surface area contributed by atoms with Gasteiger partial charge in [0.2, 0.25) is 5.91 Å². The van der Waals surface area contributed by atoms with Crippen LogP contribution in [-0.2, 0) is 4.79 Å². The van der Waals surface area contributed by atoms with Crippen molar-refractivity contribution in [1.29, 1.82) is 0 Å².